The third kappa shape index (κ3) is 5.49. The number of hydrazine groups is 2. The zero-order valence-electron chi connectivity index (χ0n) is 12.0. The van der Waals surface area contributed by atoms with Gasteiger partial charge in [-0.05, 0) is 11.1 Å². The standard InChI is InChI=1S/C15H18N4O.Na/c16-18-15(20)19-17-11-14(12-7-3-1-4-8-12)13-9-5-2-6-10-13;/h1-10,14,17H,11,16H2,(H2,18,19,20);. The summed E-state index contributed by atoms with van der Waals surface area (Å²) >= 11 is 0. The van der Waals surface area contributed by atoms with Crippen LogP contribution >= 0.6 is 0 Å². The SMILES string of the molecule is NNC(=O)NNCC(c1ccccc1)c1ccccc1.[Na]. The summed E-state index contributed by atoms with van der Waals surface area (Å²) in [6.07, 6.45) is 0. The molecule has 0 bridgehead atoms. The maximum Gasteiger partial charge on any atom is 0.343 e. The van der Waals surface area contributed by atoms with Gasteiger partial charge in [-0.15, -0.1) is 0 Å². The summed E-state index contributed by atoms with van der Waals surface area (Å²) in [5.74, 6) is 5.16. The summed E-state index contributed by atoms with van der Waals surface area (Å²) < 4.78 is 0. The maximum absolute atomic E-state index is 11.1. The molecule has 2 aromatic carbocycles. The molecule has 0 spiro atoms. The Morgan fingerprint density at radius 3 is 1.86 bits per heavy atom. The van der Waals surface area contributed by atoms with Crippen LogP contribution in [0.25, 0.3) is 0 Å². The van der Waals surface area contributed by atoms with Gasteiger partial charge in [-0.2, -0.15) is 0 Å². The Balaban J connectivity index is 0.00000220. The van der Waals surface area contributed by atoms with Crippen LogP contribution in [0.3, 0.4) is 0 Å². The second-order valence-corrected chi connectivity index (χ2v) is 4.35. The van der Waals surface area contributed by atoms with E-state index in [1.165, 1.54) is 11.1 Å². The first-order valence-corrected chi connectivity index (χ1v) is 6.40. The van der Waals surface area contributed by atoms with Crippen LogP contribution in [0.5, 0.6) is 0 Å². The van der Waals surface area contributed by atoms with E-state index in [-0.39, 0.29) is 35.5 Å². The fraction of sp³-hybridized carbons (Fsp3) is 0.133. The summed E-state index contributed by atoms with van der Waals surface area (Å²) in [5.41, 5.74) is 9.74. The van der Waals surface area contributed by atoms with Gasteiger partial charge in [0.2, 0.25) is 0 Å². The molecule has 0 aliphatic heterocycles. The Bertz CT molecular complexity index is 496. The van der Waals surface area contributed by atoms with Gasteiger partial charge in [-0.25, -0.2) is 16.1 Å². The van der Waals surface area contributed by atoms with Gasteiger partial charge >= 0.3 is 6.03 Å². The molecule has 0 aliphatic carbocycles. The zero-order valence-corrected chi connectivity index (χ0v) is 14.0. The van der Waals surface area contributed by atoms with Crippen molar-refractivity contribution in [1.29, 1.82) is 0 Å². The molecule has 0 atom stereocenters. The summed E-state index contributed by atoms with van der Waals surface area (Å²) in [4.78, 5) is 11.1. The second-order valence-electron chi connectivity index (χ2n) is 4.35. The van der Waals surface area contributed by atoms with E-state index in [0.717, 1.165) is 0 Å². The summed E-state index contributed by atoms with van der Waals surface area (Å²) in [6.45, 7) is 0.571. The van der Waals surface area contributed by atoms with E-state index in [4.69, 9.17) is 5.84 Å². The topological polar surface area (TPSA) is 79.2 Å². The summed E-state index contributed by atoms with van der Waals surface area (Å²) in [5, 5.41) is 0. The van der Waals surface area contributed by atoms with E-state index in [9.17, 15) is 4.79 Å². The van der Waals surface area contributed by atoms with Crippen LogP contribution < -0.4 is 22.1 Å². The second kappa shape index (κ2) is 9.55. The van der Waals surface area contributed by atoms with Crippen molar-refractivity contribution in [2.75, 3.05) is 6.54 Å². The summed E-state index contributed by atoms with van der Waals surface area (Å²) in [7, 11) is 0. The van der Waals surface area contributed by atoms with Crippen molar-refractivity contribution < 1.29 is 4.79 Å². The Kier molecular flexibility index (Phi) is 8.04. The first-order valence-electron chi connectivity index (χ1n) is 6.40. The van der Waals surface area contributed by atoms with Crippen LogP contribution in [-0.2, 0) is 0 Å². The van der Waals surface area contributed by atoms with Crippen molar-refractivity contribution in [1.82, 2.24) is 16.3 Å². The minimum Gasteiger partial charge on any atom is -0.275 e. The molecule has 0 aliphatic rings. The third-order valence-electron chi connectivity index (χ3n) is 3.04. The molecule has 0 aromatic heterocycles. The van der Waals surface area contributed by atoms with Gasteiger partial charge in [-0.3, -0.25) is 10.9 Å². The average molecular weight is 293 g/mol. The average Bonchev–Trinajstić information content (AvgIpc) is 2.53. The monoisotopic (exact) mass is 293 g/mol. The van der Waals surface area contributed by atoms with Crippen molar-refractivity contribution in [3.05, 3.63) is 71.8 Å². The van der Waals surface area contributed by atoms with Crippen molar-refractivity contribution in [2.24, 2.45) is 5.84 Å². The molecule has 0 heterocycles. The maximum atomic E-state index is 11.1. The Morgan fingerprint density at radius 2 is 1.43 bits per heavy atom. The molecule has 5 nitrogen and oxygen atoms in total. The molecule has 2 rings (SSSR count). The number of amides is 2. The molecule has 5 N–H and O–H groups in total. The quantitative estimate of drug-likeness (QED) is 0.289. The van der Waals surface area contributed by atoms with Gasteiger partial charge < -0.3 is 0 Å². The minimum atomic E-state index is -0.468. The number of hydrogen-bond acceptors (Lipinski definition) is 3. The number of carbonyl (C=O) groups excluding carboxylic acids is 1. The van der Waals surface area contributed by atoms with Gasteiger partial charge in [0.05, 0.1) is 0 Å². The van der Waals surface area contributed by atoms with Gasteiger partial charge in [0.1, 0.15) is 0 Å². The van der Waals surface area contributed by atoms with E-state index < -0.39 is 6.03 Å². The molecule has 6 heteroatoms. The summed E-state index contributed by atoms with van der Waals surface area (Å²) in [6, 6.07) is 19.8. The van der Waals surface area contributed by atoms with E-state index >= 15 is 0 Å². The van der Waals surface area contributed by atoms with Crippen molar-refractivity contribution in [2.45, 2.75) is 5.92 Å². The van der Waals surface area contributed by atoms with E-state index in [1.807, 2.05) is 41.8 Å². The molecular formula is C15H18N4NaO. The van der Waals surface area contributed by atoms with Crippen LogP contribution in [0, 0.1) is 0 Å². The molecule has 0 fully saturated rings. The fourth-order valence-electron chi connectivity index (χ4n) is 2.07. The number of nitrogens with one attached hydrogen (secondary N) is 3. The first-order chi connectivity index (χ1) is 9.81. The first kappa shape index (κ1) is 17.7. The fourth-order valence-corrected chi connectivity index (χ4v) is 2.07. The van der Waals surface area contributed by atoms with Crippen molar-refractivity contribution in [3.8, 4) is 0 Å². The number of urea groups is 1. The van der Waals surface area contributed by atoms with E-state index in [0.29, 0.717) is 6.54 Å². The van der Waals surface area contributed by atoms with Gasteiger partial charge in [0.25, 0.3) is 0 Å². The minimum absolute atomic E-state index is 0. The molecule has 105 valence electrons. The van der Waals surface area contributed by atoms with Crippen LogP contribution in [-0.4, -0.2) is 42.1 Å². The number of nitrogens with two attached hydrogens (primary N) is 1. The largest absolute Gasteiger partial charge is 0.343 e. The van der Waals surface area contributed by atoms with Crippen molar-refractivity contribution in [3.63, 3.8) is 0 Å². The van der Waals surface area contributed by atoms with Crippen LogP contribution in [0.2, 0.25) is 0 Å². The van der Waals surface area contributed by atoms with Crippen LogP contribution in [0.4, 0.5) is 4.79 Å². The van der Waals surface area contributed by atoms with Crippen molar-refractivity contribution >= 4 is 35.6 Å². The molecular weight excluding hydrogens is 275 g/mol. The molecule has 1 radical (unpaired) electrons. The molecule has 2 aromatic rings. The number of rotatable bonds is 5. The predicted molar refractivity (Wildman–Crippen MR) is 84.3 cm³/mol. The Morgan fingerprint density at radius 1 is 0.952 bits per heavy atom. The number of carbonyl (C=O) groups is 1. The number of hydrogen-bond donors (Lipinski definition) is 4. The Labute approximate surface area is 146 Å². The smallest absolute Gasteiger partial charge is 0.275 e. The molecule has 0 saturated heterocycles. The predicted octanol–water partition coefficient (Wildman–Crippen LogP) is 1.12. The number of benzene rings is 2. The zero-order chi connectivity index (χ0) is 14.2. The molecule has 0 saturated carbocycles. The molecule has 0 unspecified atom stereocenters. The van der Waals surface area contributed by atoms with Crippen LogP contribution in [0.1, 0.15) is 17.0 Å². The van der Waals surface area contributed by atoms with Gasteiger partial charge in [-0.1, -0.05) is 60.7 Å². The molecule has 21 heavy (non-hydrogen) atoms. The van der Waals surface area contributed by atoms with Gasteiger partial charge in [0.15, 0.2) is 0 Å². The van der Waals surface area contributed by atoms with Crippen LogP contribution in [0.15, 0.2) is 60.7 Å². The third-order valence-corrected chi connectivity index (χ3v) is 3.04. The normalized spacial score (nSPS) is 9.81. The Hall–Kier alpha value is -1.37. The molecule has 2 amide bonds. The van der Waals surface area contributed by atoms with Gasteiger partial charge in [0, 0.05) is 42.0 Å². The van der Waals surface area contributed by atoms with E-state index in [2.05, 4.69) is 35.1 Å². The van der Waals surface area contributed by atoms with E-state index in [1.54, 1.807) is 0 Å².